The average molecular weight is 339 g/mol. The van der Waals surface area contributed by atoms with Gasteiger partial charge in [-0.2, -0.15) is 0 Å². The van der Waals surface area contributed by atoms with Gasteiger partial charge >= 0.3 is 5.97 Å². The van der Waals surface area contributed by atoms with Gasteiger partial charge in [-0.15, -0.1) is 0 Å². The second-order valence-electron chi connectivity index (χ2n) is 4.98. The minimum absolute atomic E-state index is 0.184. The first kappa shape index (κ1) is 16.5. The van der Waals surface area contributed by atoms with Crippen molar-refractivity contribution in [2.24, 2.45) is 0 Å². The molecule has 0 heterocycles. The molecule has 0 unspecified atom stereocenters. The molecule has 0 amide bonds. The summed E-state index contributed by atoms with van der Waals surface area (Å²) in [7, 11) is 0. The maximum atomic E-state index is 11.8. The van der Waals surface area contributed by atoms with E-state index in [-0.39, 0.29) is 6.10 Å². The van der Waals surface area contributed by atoms with Gasteiger partial charge < -0.3 is 15.8 Å². The largest absolute Gasteiger partial charge is 0.459 e. The van der Waals surface area contributed by atoms with Gasteiger partial charge in [0.05, 0.1) is 38.8 Å². The van der Waals surface area contributed by atoms with Gasteiger partial charge in [-0.25, -0.2) is 4.79 Å². The van der Waals surface area contributed by atoms with Crippen LogP contribution in [-0.4, -0.2) is 12.1 Å². The number of nitrogens with two attached hydrogens (primary N) is 1. The number of carbonyl (C=O) groups is 1. The molecule has 0 aliphatic heterocycles. The molecule has 0 aliphatic carbocycles. The third-order valence-corrected chi connectivity index (χ3v) is 3.67. The van der Waals surface area contributed by atoms with E-state index in [0.29, 0.717) is 32.7 Å². The molecule has 2 aromatic carbocycles. The SMILES string of the molecule is CC(C)OC(=O)c1ccc(Nc2cccc(Cl)c2Cl)c(N)c1. The highest BCUT2D eigenvalue weighted by Gasteiger charge is 2.12. The van der Waals surface area contributed by atoms with Gasteiger partial charge in [0.1, 0.15) is 0 Å². The Morgan fingerprint density at radius 2 is 1.91 bits per heavy atom. The summed E-state index contributed by atoms with van der Waals surface area (Å²) >= 11 is 12.1. The van der Waals surface area contributed by atoms with E-state index in [1.807, 2.05) is 0 Å². The van der Waals surface area contributed by atoms with Crippen molar-refractivity contribution in [2.45, 2.75) is 20.0 Å². The monoisotopic (exact) mass is 338 g/mol. The second-order valence-corrected chi connectivity index (χ2v) is 5.77. The molecule has 2 aromatic rings. The first-order chi connectivity index (χ1) is 10.4. The molecule has 0 radical (unpaired) electrons. The van der Waals surface area contributed by atoms with Gasteiger partial charge in [0.15, 0.2) is 0 Å². The van der Waals surface area contributed by atoms with Crippen molar-refractivity contribution >= 4 is 46.2 Å². The Balaban J connectivity index is 2.23. The minimum atomic E-state index is -0.408. The van der Waals surface area contributed by atoms with Crippen molar-refractivity contribution in [1.29, 1.82) is 0 Å². The highest BCUT2D eigenvalue weighted by molar-refractivity contribution is 6.43. The van der Waals surface area contributed by atoms with E-state index in [1.54, 1.807) is 50.2 Å². The highest BCUT2D eigenvalue weighted by Crippen LogP contribution is 2.33. The number of rotatable bonds is 4. The van der Waals surface area contributed by atoms with Gasteiger partial charge in [-0.05, 0) is 44.2 Å². The number of halogens is 2. The Hall–Kier alpha value is -1.91. The molecular weight excluding hydrogens is 323 g/mol. The summed E-state index contributed by atoms with van der Waals surface area (Å²) in [4.78, 5) is 11.8. The fraction of sp³-hybridized carbons (Fsp3) is 0.188. The van der Waals surface area contributed by atoms with Crippen LogP contribution in [-0.2, 0) is 4.74 Å². The molecule has 116 valence electrons. The molecule has 4 nitrogen and oxygen atoms in total. The topological polar surface area (TPSA) is 64.3 Å². The van der Waals surface area contributed by atoms with Gasteiger partial charge in [0, 0.05) is 0 Å². The molecule has 0 aromatic heterocycles. The third-order valence-electron chi connectivity index (χ3n) is 2.85. The van der Waals surface area contributed by atoms with Crippen LogP contribution in [0.25, 0.3) is 0 Å². The van der Waals surface area contributed by atoms with Crippen molar-refractivity contribution in [3.63, 3.8) is 0 Å². The van der Waals surface area contributed by atoms with Crippen LogP contribution in [0.1, 0.15) is 24.2 Å². The lowest BCUT2D eigenvalue weighted by atomic mass is 10.1. The Labute approximate surface area is 139 Å². The average Bonchev–Trinajstić information content (AvgIpc) is 2.45. The number of benzene rings is 2. The van der Waals surface area contributed by atoms with E-state index < -0.39 is 5.97 Å². The van der Waals surface area contributed by atoms with Crippen LogP contribution in [0.3, 0.4) is 0 Å². The molecule has 0 bridgehead atoms. The Bertz CT molecular complexity index is 703. The summed E-state index contributed by atoms with van der Waals surface area (Å²) in [5.74, 6) is -0.408. The fourth-order valence-corrected chi connectivity index (χ4v) is 2.18. The van der Waals surface area contributed by atoms with Crippen molar-refractivity contribution in [1.82, 2.24) is 0 Å². The molecule has 0 fully saturated rings. The van der Waals surface area contributed by atoms with Crippen molar-refractivity contribution in [3.8, 4) is 0 Å². The minimum Gasteiger partial charge on any atom is -0.459 e. The molecule has 3 N–H and O–H groups in total. The van der Waals surface area contributed by atoms with E-state index in [4.69, 9.17) is 33.7 Å². The number of hydrogen-bond donors (Lipinski definition) is 2. The Morgan fingerprint density at radius 3 is 2.55 bits per heavy atom. The lowest BCUT2D eigenvalue weighted by molar-refractivity contribution is 0.0378. The van der Waals surface area contributed by atoms with E-state index in [2.05, 4.69) is 5.32 Å². The summed E-state index contributed by atoms with van der Waals surface area (Å²) in [6.07, 6.45) is -0.184. The molecule has 0 aliphatic rings. The zero-order chi connectivity index (χ0) is 16.3. The molecule has 0 spiro atoms. The molecule has 0 saturated carbocycles. The first-order valence-corrected chi connectivity index (χ1v) is 7.45. The standard InChI is InChI=1S/C16H16Cl2N2O2/c1-9(2)22-16(21)10-6-7-13(12(19)8-10)20-14-5-3-4-11(17)15(14)18/h3-9,20H,19H2,1-2H3. The second kappa shape index (κ2) is 6.90. The predicted molar refractivity (Wildman–Crippen MR) is 91.2 cm³/mol. The van der Waals surface area contributed by atoms with Crippen molar-refractivity contribution in [2.75, 3.05) is 11.1 Å². The number of carbonyl (C=O) groups excluding carboxylic acids is 1. The number of nitrogen functional groups attached to an aromatic ring is 1. The highest BCUT2D eigenvalue weighted by atomic mass is 35.5. The fourth-order valence-electron chi connectivity index (χ4n) is 1.83. The molecule has 0 atom stereocenters. The number of esters is 1. The normalized spacial score (nSPS) is 10.6. The van der Waals surface area contributed by atoms with Crippen LogP contribution in [0, 0.1) is 0 Å². The number of ether oxygens (including phenoxy) is 1. The molecule has 0 saturated heterocycles. The van der Waals surface area contributed by atoms with Crippen molar-refractivity contribution < 1.29 is 9.53 Å². The predicted octanol–water partition coefficient (Wildman–Crippen LogP) is 4.88. The van der Waals surface area contributed by atoms with Crippen molar-refractivity contribution in [3.05, 3.63) is 52.0 Å². The summed E-state index contributed by atoms with van der Waals surface area (Å²) in [5.41, 5.74) is 8.06. The van der Waals surface area contributed by atoms with Gasteiger partial charge in [0.2, 0.25) is 0 Å². The summed E-state index contributed by atoms with van der Waals surface area (Å²) in [6.45, 7) is 3.58. The van der Waals surface area contributed by atoms with Crippen LogP contribution >= 0.6 is 23.2 Å². The van der Waals surface area contributed by atoms with Gasteiger partial charge in [0.25, 0.3) is 0 Å². The summed E-state index contributed by atoms with van der Waals surface area (Å²) < 4.78 is 5.13. The zero-order valence-electron chi connectivity index (χ0n) is 12.2. The number of hydrogen-bond acceptors (Lipinski definition) is 4. The molecule has 2 rings (SSSR count). The molecule has 22 heavy (non-hydrogen) atoms. The number of nitrogens with one attached hydrogen (secondary N) is 1. The first-order valence-electron chi connectivity index (χ1n) is 6.70. The van der Waals surface area contributed by atoms with E-state index >= 15 is 0 Å². The smallest absolute Gasteiger partial charge is 0.338 e. The van der Waals surface area contributed by atoms with E-state index in [9.17, 15) is 4.79 Å². The van der Waals surface area contributed by atoms with E-state index in [1.165, 1.54) is 0 Å². The van der Waals surface area contributed by atoms with Crippen LogP contribution < -0.4 is 11.1 Å². The summed E-state index contributed by atoms with van der Waals surface area (Å²) in [5, 5.41) is 3.95. The quantitative estimate of drug-likeness (QED) is 0.615. The third kappa shape index (κ3) is 3.84. The van der Waals surface area contributed by atoms with Crippen LogP contribution in [0.4, 0.5) is 17.1 Å². The van der Waals surface area contributed by atoms with Crippen LogP contribution in [0.5, 0.6) is 0 Å². The maximum Gasteiger partial charge on any atom is 0.338 e. The zero-order valence-corrected chi connectivity index (χ0v) is 13.7. The Kier molecular flexibility index (Phi) is 5.16. The molecule has 6 heteroatoms. The lowest BCUT2D eigenvalue weighted by Crippen LogP contribution is -2.12. The maximum absolute atomic E-state index is 11.8. The number of anilines is 3. The Morgan fingerprint density at radius 1 is 1.18 bits per heavy atom. The van der Waals surface area contributed by atoms with Gasteiger partial charge in [-0.3, -0.25) is 0 Å². The molecular formula is C16H16Cl2N2O2. The summed E-state index contributed by atoms with van der Waals surface area (Å²) in [6, 6.07) is 10.2. The van der Waals surface area contributed by atoms with Crippen LogP contribution in [0.2, 0.25) is 10.0 Å². The van der Waals surface area contributed by atoms with E-state index in [0.717, 1.165) is 0 Å². The lowest BCUT2D eigenvalue weighted by Gasteiger charge is -2.13. The van der Waals surface area contributed by atoms with Crippen LogP contribution in [0.15, 0.2) is 36.4 Å². The van der Waals surface area contributed by atoms with Gasteiger partial charge in [-0.1, -0.05) is 29.3 Å².